The number of sulfone groups is 1. The summed E-state index contributed by atoms with van der Waals surface area (Å²) in [5.41, 5.74) is 2.86. The molecular weight excluding hydrogens is 524 g/mol. The highest BCUT2D eigenvalue weighted by Crippen LogP contribution is 2.43. The number of carbonyl (C=O) groups is 1. The SMILES string of the molecule is Cc1cc(Br)cc(C)c1N1C(=NC(=O)COc2ccc(Cl)cc2)S[C@@H]2CS(=O)(=O)C[C@@H]21. The lowest BCUT2D eigenvalue weighted by Crippen LogP contribution is -2.38. The minimum atomic E-state index is -3.13. The number of rotatable bonds is 4. The van der Waals surface area contributed by atoms with Crippen LogP contribution in [0.25, 0.3) is 0 Å². The van der Waals surface area contributed by atoms with Crippen LogP contribution in [0.15, 0.2) is 45.9 Å². The van der Waals surface area contributed by atoms with Crippen LogP contribution < -0.4 is 9.64 Å². The molecule has 0 saturated carbocycles. The zero-order chi connectivity index (χ0) is 22.3. The first-order chi connectivity index (χ1) is 14.6. The van der Waals surface area contributed by atoms with Crippen molar-refractivity contribution in [2.24, 2.45) is 4.99 Å². The van der Waals surface area contributed by atoms with Crippen LogP contribution in [-0.2, 0) is 14.6 Å². The van der Waals surface area contributed by atoms with Crippen molar-refractivity contribution in [3.05, 3.63) is 57.0 Å². The van der Waals surface area contributed by atoms with Crippen LogP contribution in [0, 0.1) is 13.8 Å². The maximum absolute atomic E-state index is 12.6. The number of aryl methyl sites for hydroxylation is 2. The van der Waals surface area contributed by atoms with Gasteiger partial charge in [0.05, 0.1) is 17.5 Å². The lowest BCUT2D eigenvalue weighted by Gasteiger charge is -2.28. The second kappa shape index (κ2) is 8.77. The summed E-state index contributed by atoms with van der Waals surface area (Å²) >= 11 is 10.7. The first-order valence-corrected chi connectivity index (χ1v) is 13.4. The summed E-state index contributed by atoms with van der Waals surface area (Å²) in [6.07, 6.45) is 0. The standard InChI is InChI=1S/C21H20BrClN2O4S2/c1-12-7-14(22)8-13(2)20(12)25-17-10-31(27,28)11-18(17)30-21(25)24-19(26)9-29-16-5-3-15(23)4-6-16/h3-8,17-18H,9-11H2,1-2H3/t17-,18+/m0/s1. The van der Waals surface area contributed by atoms with Crippen LogP contribution >= 0.6 is 39.3 Å². The minimum absolute atomic E-state index is 0.0497. The van der Waals surface area contributed by atoms with Gasteiger partial charge in [-0.25, -0.2) is 8.42 Å². The number of anilines is 1. The lowest BCUT2D eigenvalue weighted by atomic mass is 10.1. The quantitative estimate of drug-likeness (QED) is 0.569. The number of hydrogen-bond donors (Lipinski definition) is 0. The highest BCUT2D eigenvalue weighted by Gasteiger charge is 2.50. The fraction of sp³-hybridized carbons (Fsp3) is 0.333. The van der Waals surface area contributed by atoms with Crippen molar-refractivity contribution in [2.75, 3.05) is 23.0 Å². The first kappa shape index (κ1) is 22.6. The number of fused-ring (bicyclic) bond motifs is 1. The van der Waals surface area contributed by atoms with Gasteiger partial charge in [-0.05, 0) is 61.4 Å². The molecule has 31 heavy (non-hydrogen) atoms. The zero-order valence-corrected chi connectivity index (χ0v) is 20.8. The number of hydrogen-bond acceptors (Lipinski definition) is 5. The van der Waals surface area contributed by atoms with E-state index in [4.69, 9.17) is 16.3 Å². The topological polar surface area (TPSA) is 76.0 Å². The molecule has 0 spiro atoms. The summed E-state index contributed by atoms with van der Waals surface area (Å²) in [4.78, 5) is 18.8. The number of nitrogens with zero attached hydrogens (tertiary/aromatic N) is 2. The Bertz CT molecular complexity index is 1150. The Hall–Kier alpha value is -1.55. The second-order valence-electron chi connectivity index (χ2n) is 7.59. The van der Waals surface area contributed by atoms with Gasteiger partial charge in [-0.1, -0.05) is 39.3 Å². The van der Waals surface area contributed by atoms with Crippen LogP contribution in [0.4, 0.5) is 5.69 Å². The van der Waals surface area contributed by atoms with E-state index in [-0.39, 0.29) is 29.4 Å². The van der Waals surface area contributed by atoms with E-state index in [0.29, 0.717) is 15.9 Å². The lowest BCUT2D eigenvalue weighted by molar-refractivity contribution is -0.119. The number of halogens is 2. The predicted molar refractivity (Wildman–Crippen MR) is 129 cm³/mol. The Morgan fingerprint density at radius 2 is 1.87 bits per heavy atom. The van der Waals surface area contributed by atoms with E-state index in [1.165, 1.54) is 11.8 Å². The van der Waals surface area contributed by atoms with Crippen LogP contribution in [0.2, 0.25) is 5.02 Å². The van der Waals surface area contributed by atoms with Crippen molar-refractivity contribution in [2.45, 2.75) is 25.1 Å². The van der Waals surface area contributed by atoms with E-state index in [1.807, 2.05) is 30.9 Å². The van der Waals surface area contributed by atoms with Gasteiger partial charge in [0, 0.05) is 20.4 Å². The fourth-order valence-electron chi connectivity index (χ4n) is 3.92. The van der Waals surface area contributed by atoms with Crippen molar-refractivity contribution < 1.29 is 17.9 Å². The molecule has 4 rings (SSSR count). The van der Waals surface area contributed by atoms with Crippen LogP contribution in [0.5, 0.6) is 5.75 Å². The third-order valence-electron chi connectivity index (χ3n) is 5.16. The molecule has 2 aromatic carbocycles. The normalized spacial score (nSPS) is 23.2. The average molecular weight is 544 g/mol. The molecule has 6 nitrogen and oxygen atoms in total. The van der Waals surface area contributed by atoms with Gasteiger partial charge in [0.2, 0.25) is 0 Å². The van der Waals surface area contributed by atoms with E-state index in [9.17, 15) is 13.2 Å². The molecule has 0 aromatic heterocycles. The number of amides is 1. The molecule has 10 heteroatoms. The fourth-order valence-corrected chi connectivity index (χ4v) is 8.65. The number of ether oxygens (including phenoxy) is 1. The molecular formula is C21H20BrClN2O4S2. The molecule has 2 aliphatic heterocycles. The number of benzene rings is 2. The summed E-state index contributed by atoms with van der Waals surface area (Å²) in [6.45, 7) is 3.72. The molecule has 2 saturated heterocycles. The largest absolute Gasteiger partial charge is 0.484 e. The van der Waals surface area contributed by atoms with Gasteiger partial charge >= 0.3 is 0 Å². The van der Waals surface area contributed by atoms with E-state index in [0.717, 1.165) is 21.3 Å². The number of carbonyl (C=O) groups excluding carboxylic acids is 1. The smallest absolute Gasteiger partial charge is 0.285 e. The van der Waals surface area contributed by atoms with Crippen molar-refractivity contribution >= 4 is 65.9 Å². The Morgan fingerprint density at radius 3 is 2.52 bits per heavy atom. The highest BCUT2D eigenvalue weighted by molar-refractivity contribution is 9.10. The first-order valence-electron chi connectivity index (χ1n) is 9.56. The molecule has 0 aliphatic carbocycles. The Labute approximate surface area is 199 Å². The molecule has 2 fully saturated rings. The van der Waals surface area contributed by atoms with Gasteiger partial charge in [-0.15, -0.1) is 0 Å². The van der Waals surface area contributed by atoms with Gasteiger partial charge in [-0.3, -0.25) is 4.79 Å². The Kier molecular flexibility index (Phi) is 6.40. The third kappa shape index (κ3) is 4.94. The summed E-state index contributed by atoms with van der Waals surface area (Å²) in [5, 5.41) is 0.943. The molecule has 0 unspecified atom stereocenters. The Morgan fingerprint density at radius 1 is 1.23 bits per heavy atom. The molecule has 2 aromatic rings. The van der Waals surface area contributed by atoms with Gasteiger partial charge in [0.1, 0.15) is 5.75 Å². The molecule has 2 heterocycles. The maximum Gasteiger partial charge on any atom is 0.285 e. The minimum Gasteiger partial charge on any atom is -0.484 e. The third-order valence-corrected chi connectivity index (χ3v) is 9.08. The highest BCUT2D eigenvalue weighted by atomic mass is 79.9. The Balaban J connectivity index is 1.62. The van der Waals surface area contributed by atoms with E-state index in [1.54, 1.807) is 24.3 Å². The van der Waals surface area contributed by atoms with E-state index < -0.39 is 15.7 Å². The maximum atomic E-state index is 12.6. The molecule has 1 amide bonds. The van der Waals surface area contributed by atoms with Crippen molar-refractivity contribution in [3.63, 3.8) is 0 Å². The van der Waals surface area contributed by atoms with Gasteiger partial charge in [-0.2, -0.15) is 4.99 Å². The second-order valence-corrected chi connectivity index (χ2v) is 12.3. The number of amidine groups is 1. The number of aliphatic imine (C=N–C) groups is 1. The van der Waals surface area contributed by atoms with Gasteiger partial charge in [0.25, 0.3) is 5.91 Å². The van der Waals surface area contributed by atoms with Crippen LogP contribution in [-0.4, -0.2) is 48.9 Å². The molecule has 2 aliphatic rings. The summed E-state index contributed by atoms with van der Waals surface area (Å²) in [7, 11) is -3.13. The van der Waals surface area contributed by atoms with Crippen LogP contribution in [0.3, 0.4) is 0 Å². The van der Waals surface area contributed by atoms with Crippen molar-refractivity contribution in [3.8, 4) is 5.75 Å². The van der Waals surface area contributed by atoms with Gasteiger partial charge < -0.3 is 9.64 Å². The monoisotopic (exact) mass is 542 g/mol. The molecule has 0 bridgehead atoms. The van der Waals surface area contributed by atoms with E-state index >= 15 is 0 Å². The molecule has 0 radical (unpaired) electrons. The average Bonchev–Trinajstić information content (AvgIpc) is 3.12. The predicted octanol–water partition coefficient (Wildman–Crippen LogP) is 4.40. The summed E-state index contributed by atoms with van der Waals surface area (Å²) in [6, 6.07) is 10.4. The van der Waals surface area contributed by atoms with Gasteiger partial charge in [0.15, 0.2) is 21.6 Å². The summed E-state index contributed by atoms with van der Waals surface area (Å²) < 4.78 is 31.0. The van der Waals surface area contributed by atoms with Crippen LogP contribution in [0.1, 0.15) is 11.1 Å². The van der Waals surface area contributed by atoms with Crippen molar-refractivity contribution in [1.82, 2.24) is 0 Å². The summed E-state index contributed by atoms with van der Waals surface area (Å²) in [5.74, 6) is 0.227. The molecule has 164 valence electrons. The number of thioether (sulfide) groups is 1. The van der Waals surface area contributed by atoms with Crippen molar-refractivity contribution in [1.29, 1.82) is 0 Å². The molecule has 2 atom stereocenters. The van der Waals surface area contributed by atoms with E-state index in [2.05, 4.69) is 20.9 Å². The zero-order valence-electron chi connectivity index (χ0n) is 16.8. The molecule has 0 N–H and O–H groups in total.